The first-order valence-corrected chi connectivity index (χ1v) is 10.4. The second kappa shape index (κ2) is 10.7. The first-order valence-electron chi connectivity index (χ1n) is 10.4. The molecule has 0 aliphatic heterocycles. The maximum Gasteiger partial charge on any atom is 0.428 e. The van der Waals surface area contributed by atoms with Crippen LogP contribution in [-0.4, -0.2) is 50.2 Å². The number of carbonyl (C=O) groups excluding carboxylic acids is 1. The number of hydrogen-bond acceptors (Lipinski definition) is 9. The van der Waals surface area contributed by atoms with E-state index >= 15 is 0 Å². The second-order valence-electron chi connectivity index (χ2n) is 7.65. The third kappa shape index (κ3) is 6.06. The Balaban J connectivity index is 1.96. The molecule has 3 aromatic rings. The van der Waals surface area contributed by atoms with Gasteiger partial charge in [-0.05, 0) is 19.1 Å². The molecule has 0 radical (unpaired) electrons. The van der Waals surface area contributed by atoms with Crippen LogP contribution >= 0.6 is 0 Å². The van der Waals surface area contributed by atoms with E-state index in [0.29, 0.717) is 0 Å². The predicted octanol–water partition coefficient (Wildman–Crippen LogP) is 2.23. The summed E-state index contributed by atoms with van der Waals surface area (Å²) in [6.45, 7) is -0.456. The Bertz CT molecular complexity index is 1340. The average molecular weight is 525 g/mol. The molecule has 3 rings (SSSR count). The van der Waals surface area contributed by atoms with E-state index in [9.17, 15) is 31.9 Å². The average Bonchev–Trinajstić information content (AvgIpc) is 3.37. The number of nitrogens with one attached hydrogen (secondary N) is 1. The topological polar surface area (TPSA) is 166 Å². The minimum atomic E-state index is -5.45. The lowest BCUT2D eigenvalue weighted by molar-refractivity contribution is -0.245. The van der Waals surface area contributed by atoms with Crippen molar-refractivity contribution in [2.45, 2.75) is 25.2 Å². The van der Waals surface area contributed by atoms with Crippen LogP contribution in [-0.2, 0) is 11.3 Å². The van der Waals surface area contributed by atoms with Gasteiger partial charge in [0.1, 0.15) is 17.8 Å². The summed E-state index contributed by atoms with van der Waals surface area (Å²) < 4.78 is 72.8. The number of aryl methyl sites for hydroxylation is 1. The number of anilines is 1. The van der Waals surface area contributed by atoms with Gasteiger partial charge in [-0.1, -0.05) is 23.4 Å². The Hall–Kier alpha value is -4.40. The van der Waals surface area contributed by atoms with Crippen LogP contribution in [0.2, 0.25) is 0 Å². The molecule has 2 heterocycles. The molecule has 1 atom stereocenters. The highest BCUT2D eigenvalue weighted by Gasteiger charge is 2.58. The summed E-state index contributed by atoms with van der Waals surface area (Å²) in [4.78, 5) is 23.2. The van der Waals surface area contributed by atoms with E-state index in [2.05, 4.69) is 20.1 Å². The highest BCUT2D eigenvalue weighted by Crippen LogP contribution is 2.31. The van der Waals surface area contributed by atoms with Gasteiger partial charge < -0.3 is 26.4 Å². The van der Waals surface area contributed by atoms with Crippen molar-refractivity contribution in [2.75, 3.05) is 11.9 Å². The zero-order chi connectivity index (χ0) is 27.4. The number of amides is 1. The number of nitrogens with zero attached hydrogens (tertiary/aromatic N) is 4. The number of alkyl halides is 3. The van der Waals surface area contributed by atoms with Crippen LogP contribution in [0.3, 0.4) is 0 Å². The van der Waals surface area contributed by atoms with Crippen molar-refractivity contribution in [3.8, 4) is 0 Å². The van der Waals surface area contributed by atoms with E-state index < -0.39 is 41.7 Å². The summed E-state index contributed by atoms with van der Waals surface area (Å²) in [5, 5.41) is 15.4. The van der Waals surface area contributed by atoms with E-state index in [-0.39, 0.29) is 40.7 Å². The minimum Gasteiger partial charge on any atom is -0.396 e. The molecule has 10 nitrogen and oxygen atoms in total. The van der Waals surface area contributed by atoms with Gasteiger partial charge in [-0.3, -0.25) is 9.79 Å². The maximum absolute atomic E-state index is 14.5. The lowest BCUT2D eigenvalue weighted by atomic mass is 10.0. The minimum absolute atomic E-state index is 0.106. The number of rotatable bonds is 9. The van der Waals surface area contributed by atoms with Crippen LogP contribution in [0, 0.1) is 18.6 Å². The van der Waals surface area contributed by atoms with Gasteiger partial charge in [-0.25, -0.2) is 18.7 Å². The Morgan fingerprint density at radius 3 is 2.49 bits per heavy atom. The molecule has 1 aromatic carbocycles. The van der Waals surface area contributed by atoms with Crippen molar-refractivity contribution in [3.05, 3.63) is 77.1 Å². The molecular weight excluding hydrogens is 505 g/mol. The van der Waals surface area contributed by atoms with Gasteiger partial charge in [0.2, 0.25) is 0 Å². The molecule has 0 spiro atoms. The number of allylic oxidation sites excluding steroid dienone is 1. The van der Waals surface area contributed by atoms with Gasteiger partial charge in [0.25, 0.3) is 11.5 Å². The number of aliphatic hydroxyl groups is 1. The summed E-state index contributed by atoms with van der Waals surface area (Å²) in [6.07, 6.45) is -2.98. The van der Waals surface area contributed by atoms with E-state index in [1.165, 1.54) is 43.5 Å². The van der Waals surface area contributed by atoms with Gasteiger partial charge >= 0.3 is 6.18 Å². The normalized spacial score (nSPS) is 14.4. The van der Waals surface area contributed by atoms with E-state index in [4.69, 9.17) is 16.0 Å². The molecule has 0 saturated carbocycles. The molecule has 0 aliphatic carbocycles. The van der Waals surface area contributed by atoms with Crippen LogP contribution in [0.5, 0.6) is 0 Å². The van der Waals surface area contributed by atoms with Crippen molar-refractivity contribution >= 4 is 23.1 Å². The summed E-state index contributed by atoms with van der Waals surface area (Å²) in [7, 11) is 0. The second-order valence-corrected chi connectivity index (χ2v) is 7.65. The summed E-state index contributed by atoms with van der Waals surface area (Å²) >= 11 is 0. The number of aromatic nitrogens is 3. The van der Waals surface area contributed by atoms with Crippen molar-refractivity contribution in [1.29, 1.82) is 0 Å². The monoisotopic (exact) mass is 525 g/mol. The van der Waals surface area contributed by atoms with Crippen LogP contribution in [0.25, 0.3) is 5.70 Å². The van der Waals surface area contributed by atoms with E-state index in [1.54, 1.807) is 6.07 Å². The third-order valence-corrected chi connectivity index (χ3v) is 5.03. The molecule has 0 aliphatic rings. The van der Waals surface area contributed by atoms with Crippen molar-refractivity contribution in [3.63, 3.8) is 0 Å². The first-order chi connectivity index (χ1) is 17.3. The van der Waals surface area contributed by atoms with Gasteiger partial charge in [0, 0.05) is 11.6 Å². The van der Waals surface area contributed by atoms with E-state index in [0.717, 1.165) is 0 Å². The van der Waals surface area contributed by atoms with Crippen molar-refractivity contribution in [2.24, 2.45) is 16.5 Å². The molecule has 1 unspecified atom stereocenters. The molecule has 196 valence electrons. The van der Waals surface area contributed by atoms with Gasteiger partial charge in [-0.2, -0.15) is 13.2 Å². The highest BCUT2D eigenvalue weighted by molar-refractivity contribution is 6.10. The van der Waals surface area contributed by atoms with Gasteiger partial charge in [-0.15, -0.1) is 0 Å². The fourth-order valence-corrected chi connectivity index (χ4v) is 2.90. The Kier molecular flexibility index (Phi) is 7.86. The number of benzene rings is 1. The summed E-state index contributed by atoms with van der Waals surface area (Å²) in [6, 6.07) is 7.35. The predicted molar refractivity (Wildman–Crippen MR) is 121 cm³/mol. The maximum atomic E-state index is 14.5. The summed E-state index contributed by atoms with van der Waals surface area (Å²) in [5.74, 6) is -4.87. The molecule has 0 fully saturated rings. The lowest BCUT2D eigenvalue weighted by Crippen LogP contribution is -2.59. The van der Waals surface area contributed by atoms with Crippen molar-refractivity contribution in [1.82, 2.24) is 15.1 Å². The molecule has 0 saturated heterocycles. The number of hydrogen-bond donors (Lipinski definition) is 4. The Morgan fingerprint density at radius 2 is 1.89 bits per heavy atom. The van der Waals surface area contributed by atoms with Gasteiger partial charge in [0.15, 0.2) is 17.5 Å². The van der Waals surface area contributed by atoms with E-state index in [1.807, 2.05) is 5.32 Å². The summed E-state index contributed by atoms with van der Waals surface area (Å²) in [5.41, 5.74) is 6.79. The first kappa shape index (κ1) is 27.2. The quantitative estimate of drug-likeness (QED) is 0.244. The lowest BCUT2D eigenvalue weighted by Gasteiger charge is -2.27. The largest absolute Gasteiger partial charge is 0.428 e. The Morgan fingerprint density at radius 1 is 1.19 bits per heavy atom. The zero-order valence-electron chi connectivity index (χ0n) is 19.1. The standard InChI is InChI=1S/C22H20F5N7O3/c1-11-17(24)19(31-10-21(36,20(29)35)22(25,26)27)33-18(32-11)14(28)8-16(15-6-7-37-34-15)30-9-12-4-2-3-5-13(12)23/h2-8,36H,9-10,28H2,1H3,(H2,29,35)(H,31,32,33)/b14-8-,30-16?. The number of nitrogens with two attached hydrogens (primary N) is 2. The number of carbonyl (C=O) groups is 1. The molecule has 6 N–H and O–H groups in total. The van der Waals surface area contributed by atoms with Crippen LogP contribution < -0.4 is 16.8 Å². The third-order valence-electron chi connectivity index (χ3n) is 5.03. The fraction of sp³-hybridized carbons (Fsp3) is 0.227. The SMILES string of the molecule is Cc1nc(/C(N)=C/C(=NCc2ccccc2F)c2ccon2)nc(NCC(O)(C(N)=O)C(F)(F)F)c1F. The van der Waals surface area contributed by atoms with Crippen molar-refractivity contribution < 1.29 is 36.4 Å². The Labute approximate surface area is 205 Å². The zero-order valence-corrected chi connectivity index (χ0v) is 19.1. The molecule has 0 bridgehead atoms. The number of halogens is 5. The molecule has 2 aromatic heterocycles. The molecule has 37 heavy (non-hydrogen) atoms. The van der Waals surface area contributed by atoms with Gasteiger partial charge in [0.05, 0.1) is 30.2 Å². The van der Waals surface area contributed by atoms with Crippen LogP contribution in [0.1, 0.15) is 22.8 Å². The number of primary amides is 1. The highest BCUT2D eigenvalue weighted by atomic mass is 19.4. The molecule has 15 heteroatoms. The molecule has 1 amide bonds. The fourth-order valence-electron chi connectivity index (χ4n) is 2.90. The smallest absolute Gasteiger partial charge is 0.396 e. The van der Waals surface area contributed by atoms with Crippen LogP contribution in [0.4, 0.5) is 27.8 Å². The number of aliphatic imine (C=N–C) groups is 1. The molecular formula is C22H20F5N7O3. The van der Waals surface area contributed by atoms with Crippen LogP contribution in [0.15, 0.2) is 52.2 Å².